The highest BCUT2D eigenvalue weighted by Gasteiger charge is 2.41. The first-order chi connectivity index (χ1) is 11.8. The van der Waals surface area contributed by atoms with Crippen molar-refractivity contribution in [3.63, 3.8) is 0 Å². The number of allylic oxidation sites excluding steroid dienone is 1. The molecule has 5 nitrogen and oxygen atoms in total. The highest BCUT2D eigenvalue weighted by molar-refractivity contribution is 6.22. The minimum atomic E-state index is -0.916. The molecule has 1 heterocycles. The van der Waals surface area contributed by atoms with E-state index in [-0.39, 0.29) is 18.4 Å². The van der Waals surface area contributed by atoms with Gasteiger partial charge in [0.05, 0.1) is 18.2 Å². The highest BCUT2D eigenvalue weighted by Crippen LogP contribution is 2.35. The van der Waals surface area contributed by atoms with Gasteiger partial charge in [-0.05, 0) is 33.3 Å². The maximum Gasteiger partial charge on any atom is 0.261 e. The van der Waals surface area contributed by atoms with Crippen LogP contribution < -0.4 is 4.74 Å². The van der Waals surface area contributed by atoms with E-state index in [1.165, 1.54) is 4.90 Å². The normalized spacial score (nSPS) is 15.2. The lowest BCUT2D eigenvalue weighted by molar-refractivity contribution is -0.148. The first kappa shape index (κ1) is 19.0. The molecule has 1 amide bonds. The van der Waals surface area contributed by atoms with Crippen molar-refractivity contribution in [2.75, 3.05) is 13.8 Å². The minimum Gasteiger partial charge on any atom is -0.496 e. The molecule has 0 bridgehead atoms. The van der Waals surface area contributed by atoms with Crippen LogP contribution in [0.15, 0.2) is 30.0 Å². The minimum absolute atomic E-state index is 0.0465. The Hall–Kier alpha value is -2.30. The van der Waals surface area contributed by atoms with Crippen molar-refractivity contribution in [1.29, 1.82) is 0 Å². The van der Waals surface area contributed by atoms with Crippen molar-refractivity contribution in [1.82, 2.24) is 4.90 Å². The number of benzene rings is 1. The Morgan fingerprint density at radius 3 is 2.64 bits per heavy atom. The number of rotatable bonds is 7. The number of Topliss-reactive ketones (excluding diaryl/α,β-unsaturated/α-hetero) is 1. The number of hydrogen-bond acceptors (Lipinski definition) is 4. The number of unbranched alkanes of at least 4 members (excludes halogenated alkanes) is 1. The molecule has 2 rings (SSSR count). The number of carbonyl (C=O) groups is 2. The van der Waals surface area contributed by atoms with Crippen LogP contribution in [0.4, 0.5) is 0 Å². The molecule has 0 fully saturated rings. The third kappa shape index (κ3) is 3.70. The number of amides is 1. The molecule has 136 valence electrons. The number of ether oxygens (including phenoxy) is 2. The zero-order chi connectivity index (χ0) is 18.6. The van der Waals surface area contributed by atoms with Gasteiger partial charge in [0.2, 0.25) is 0 Å². The monoisotopic (exact) mass is 345 g/mol. The SMILES string of the molecule is CCCCC(=O)C(C)(C)N1COC(C)=C(c2ccccc2OC)C1=O. The maximum atomic E-state index is 13.2. The first-order valence-electron chi connectivity index (χ1n) is 8.66. The Kier molecular flexibility index (Phi) is 5.88. The van der Waals surface area contributed by atoms with Crippen LogP contribution in [0, 0.1) is 0 Å². The van der Waals surface area contributed by atoms with Crippen molar-refractivity contribution in [2.45, 2.75) is 52.5 Å². The third-order valence-corrected chi connectivity index (χ3v) is 4.71. The van der Waals surface area contributed by atoms with Gasteiger partial charge in [-0.3, -0.25) is 14.5 Å². The molecular weight excluding hydrogens is 318 g/mol. The van der Waals surface area contributed by atoms with E-state index in [9.17, 15) is 9.59 Å². The summed E-state index contributed by atoms with van der Waals surface area (Å²) in [5, 5.41) is 0. The van der Waals surface area contributed by atoms with E-state index in [4.69, 9.17) is 9.47 Å². The van der Waals surface area contributed by atoms with Gasteiger partial charge in [0.1, 0.15) is 11.5 Å². The number of nitrogens with zero attached hydrogens (tertiary/aromatic N) is 1. The lowest BCUT2D eigenvalue weighted by Gasteiger charge is -2.40. The van der Waals surface area contributed by atoms with Gasteiger partial charge < -0.3 is 9.47 Å². The molecule has 1 aliphatic rings. The summed E-state index contributed by atoms with van der Waals surface area (Å²) in [5.41, 5.74) is 0.203. The van der Waals surface area contributed by atoms with E-state index in [0.717, 1.165) is 12.8 Å². The summed E-state index contributed by atoms with van der Waals surface area (Å²) in [6, 6.07) is 7.33. The zero-order valence-corrected chi connectivity index (χ0v) is 15.7. The van der Waals surface area contributed by atoms with Crippen molar-refractivity contribution in [3.05, 3.63) is 35.6 Å². The molecule has 0 spiro atoms. The molecule has 0 saturated carbocycles. The van der Waals surface area contributed by atoms with Gasteiger partial charge in [0, 0.05) is 12.0 Å². The number of carbonyl (C=O) groups excluding carboxylic acids is 2. The van der Waals surface area contributed by atoms with E-state index in [2.05, 4.69) is 0 Å². The van der Waals surface area contributed by atoms with Gasteiger partial charge in [-0.25, -0.2) is 0 Å². The van der Waals surface area contributed by atoms with Crippen LogP contribution in [-0.4, -0.2) is 36.0 Å². The molecule has 1 aliphatic heterocycles. The van der Waals surface area contributed by atoms with Gasteiger partial charge in [-0.2, -0.15) is 0 Å². The summed E-state index contributed by atoms with van der Waals surface area (Å²) < 4.78 is 11.1. The lowest BCUT2D eigenvalue weighted by Crippen LogP contribution is -2.55. The van der Waals surface area contributed by atoms with E-state index < -0.39 is 5.54 Å². The molecule has 0 unspecified atom stereocenters. The summed E-state index contributed by atoms with van der Waals surface area (Å²) in [4.78, 5) is 27.3. The van der Waals surface area contributed by atoms with Gasteiger partial charge >= 0.3 is 0 Å². The Bertz CT molecular complexity index is 691. The second kappa shape index (κ2) is 7.72. The second-order valence-corrected chi connectivity index (χ2v) is 6.72. The molecule has 0 atom stereocenters. The number of ketones is 1. The van der Waals surface area contributed by atoms with E-state index >= 15 is 0 Å². The summed E-state index contributed by atoms with van der Waals surface area (Å²) >= 11 is 0. The van der Waals surface area contributed by atoms with Gasteiger partial charge in [-0.1, -0.05) is 31.5 Å². The number of hydrogen-bond donors (Lipinski definition) is 0. The topological polar surface area (TPSA) is 55.8 Å². The Labute approximate surface area is 149 Å². The Balaban J connectivity index is 2.38. The summed E-state index contributed by atoms with van der Waals surface area (Å²) in [7, 11) is 1.57. The largest absolute Gasteiger partial charge is 0.496 e. The summed E-state index contributed by atoms with van der Waals surface area (Å²) in [6.45, 7) is 7.46. The second-order valence-electron chi connectivity index (χ2n) is 6.72. The van der Waals surface area contributed by atoms with E-state index in [0.29, 0.717) is 29.1 Å². The van der Waals surface area contributed by atoms with Crippen LogP contribution in [-0.2, 0) is 14.3 Å². The van der Waals surface area contributed by atoms with Gasteiger partial charge in [-0.15, -0.1) is 0 Å². The average Bonchev–Trinajstić information content (AvgIpc) is 2.59. The fourth-order valence-electron chi connectivity index (χ4n) is 2.94. The fraction of sp³-hybridized carbons (Fsp3) is 0.500. The number of methoxy groups -OCH3 is 1. The molecule has 0 N–H and O–H groups in total. The number of para-hydroxylation sites is 1. The molecule has 0 radical (unpaired) electrons. The summed E-state index contributed by atoms with van der Waals surface area (Å²) in [6.07, 6.45) is 2.22. The third-order valence-electron chi connectivity index (χ3n) is 4.71. The van der Waals surface area contributed by atoms with Crippen molar-refractivity contribution >= 4 is 17.3 Å². The Morgan fingerprint density at radius 2 is 2.00 bits per heavy atom. The van der Waals surface area contributed by atoms with Crippen LogP contribution >= 0.6 is 0 Å². The smallest absolute Gasteiger partial charge is 0.261 e. The zero-order valence-electron chi connectivity index (χ0n) is 15.7. The van der Waals surface area contributed by atoms with Crippen molar-refractivity contribution in [3.8, 4) is 5.75 Å². The predicted molar refractivity (Wildman–Crippen MR) is 97.0 cm³/mol. The molecule has 0 aromatic heterocycles. The van der Waals surface area contributed by atoms with Gasteiger partial charge in [0.25, 0.3) is 5.91 Å². The van der Waals surface area contributed by atoms with E-state index in [1.54, 1.807) is 33.9 Å². The molecule has 25 heavy (non-hydrogen) atoms. The first-order valence-corrected chi connectivity index (χ1v) is 8.66. The van der Waals surface area contributed by atoms with Crippen LogP contribution in [0.3, 0.4) is 0 Å². The van der Waals surface area contributed by atoms with E-state index in [1.807, 2.05) is 25.1 Å². The lowest BCUT2D eigenvalue weighted by atomic mass is 9.91. The molecule has 1 aromatic rings. The van der Waals surface area contributed by atoms with Crippen LogP contribution in [0.1, 0.15) is 52.5 Å². The Morgan fingerprint density at radius 1 is 1.32 bits per heavy atom. The highest BCUT2D eigenvalue weighted by atomic mass is 16.5. The maximum absolute atomic E-state index is 13.2. The molecular formula is C20H27NO4. The standard InChI is InChI=1S/C20H27NO4/c1-6-7-12-17(22)20(3,4)21-13-25-14(2)18(19(21)23)15-10-8-9-11-16(15)24-5/h8-11H,6-7,12-13H2,1-5H3. The molecule has 5 heteroatoms. The fourth-order valence-corrected chi connectivity index (χ4v) is 2.94. The van der Waals surface area contributed by atoms with Crippen LogP contribution in [0.25, 0.3) is 5.57 Å². The van der Waals surface area contributed by atoms with Crippen molar-refractivity contribution in [2.24, 2.45) is 0 Å². The average molecular weight is 345 g/mol. The van der Waals surface area contributed by atoms with Crippen LogP contribution in [0.5, 0.6) is 5.75 Å². The molecule has 1 aromatic carbocycles. The quantitative estimate of drug-likeness (QED) is 0.755. The van der Waals surface area contributed by atoms with Crippen molar-refractivity contribution < 1.29 is 19.1 Å². The molecule has 0 aliphatic carbocycles. The van der Waals surface area contributed by atoms with Gasteiger partial charge in [0.15, 0.2) is 12.5 Å². The summed E-state index contributed by atoms with van der Waals surface area (Å²) in [5.74, 6) is 0.988. The molecule has 0 saturated heterocycles. The van der Waals surface area contributed by atoms with Crippen LogP contribution in [0.2, 0.25) is 0 Å². The predicted octanol–water partition coefficient (Wildman–Crippen LogP) is 3.78.